The van der Waals surface area contributed by atoms with Gasteiger partial charge in [-0.05, 0) is 6.92 Å². The van der Waals surface area contributed by atoms with Crippen molar-refractivity contribution in [2.75, 3.05) is 13.1 Å². The lowest BCUT2D eigenvalue weighted by atomic mass is 10.4. The Bertz CT molecular complexity index is 555. The van der Waals surface area contributed by atoms with E-state index in [1.807, 2.05) is 17.5 Å². The van der Waals surface area contributed by atoms with E-state index in [-0.39, 0.29) is 11.8 Å². The highest BCUT2D eigenvalue weighted by Gasteiger charge is 2.11. The molecule has 2 amide bonds. The molecular formula is C11H14N4O2S. The van der Waals surface area contributed by atoms with E-state index in [2.05, 4.69) is 15.6 Å². The van der Waals surface area contributed by atoms with Crippen molar-refractivity contribution in [2.45, 2.75) is 13.8 Å². The Balaban J connectivity index is 1.92. The number of nitrogens with zero attached hydrogens (tertiary/aromatic N) is 2. The van der Waals surface area contributed by atoms with E-state index < -0.39 is 0 Å². The largest absolute Gasteiger partial charge is 0.355 e. The predicted molar refractivity (Wildman–Crippen MR) is 68.8 cm³/mol. The van der Waals surface area contributed by atoms with Gasteiger partial charge in [-0.2, -0.15) is 0 Å². The van der Waals surface area contributed by atoms with E-state index in [1.54, 1.807) is 6.20 Å². The van der Waals surface area contributed by atoms with Crippen molar-refractivity contribution in [1.29, 1.82) is 0 Å². The summed E-state index contributed by atoms with van der Waals surface area (Å²) in [4.78, 5) is 28.6. The molecule has 0 unspecified atom stereocenters. The molecule has 0 aliphatic heterocycles. The molecule has 0 spiro atoms. The van der Waals surface area contributed by atoms with Gasteiger partial charge in [0.25, 0.3) is 5.91 Å². The van der Waals surface area contributed by atoms with Crippen molar-refractivity contribution in [2.24, 2.45) is 0 Å². The molecule has 0 atom stereocenters. The normalized spacial score (nSPS) is 10.6. The maximum atomic E-state index is 11.7. The molecule has 96 valence electrons. The number of thiazole rings is 1. The highest BCUT2D eigenvalue weighted by Crippen LogP contribution is 2.16. The zero-order valence-electron chi connectivity index (χ0n) is 10.2. The van der Waals surface area contributed by atoms with Gasteiger partial charge in [0.1, 0.15) is 5.69 Å². The summed E-state index contributed by atoms with van der Waals surface area (Å²) in [7, 11) is 0. The van der Waals surface area contributed by atoms with Gasteiger partial charge in [-0.1, -0.05) is 0 Å². The number of fused-ring (bicyclic) bond motifs is 1. The van der Waals surface area contributed by atoms with Crippen LogP contribution in [-0.4, -0.2) is 34.3 Å². The number of rotatable bonds is 4. The Morgan fingerprint density at radius 3 is 2.72 bits per heavy atom. The fourth-order valence-electron chi connectivity index (χ4n) is 1.53. The van der Waals surface area contributed by atoms with Crippen LogP contribution in [0.2, 0.25) is 0 Å². The fourth-order valence-corrected chi connectivity index (χ4v) is 2.33. The van der Waals surface area contributed by atoms with Gasteiger partial charge in [0.15, 0.2) is 4.96 Å². The van der Waals surface area contributed by atoms with Crippen molar-refractivity contribution in [1.82, 2.24) is 20.0 Å². The molecule has 7 heteroatoms. The monoisotopic (exact) mass is 266 g/mol. The van der Waals surface area contributed by atoms with E-state index in [0.717, 1.165) is 9.84 Å². The lowest BCUT2D eigenvalue weighted by Gasteiger charge is -2.03. The van der Waals surface area contributed by atoms with Gasteiger partial charge < -0.3 is 10.6 Å². The average molecular weight is 266 g/mol. The molecule has 6 nitrogen and oxygen atoms in total. The first-order valence-electron chi connectivity index (χ1n) is 5.54. The second-order valence-electron chi connectivity index (χ2n) is 3.90. The van der Waals surface area contributed by atoms with Crippen molar-refractivity contribution in [3.8, 4) is 0 Å². The average Bonchev–Trinajstić information content (AvgIpc) is 2.80. The molecule has 0 saturated carbocycles. The van der Waals surface area contributed by atoms with Gasteiger partial charge in [0.2, 0.25) is 5.91 Å². The zero-order valence-corrected chi connectivity index (χ0v) is 11.0. The fraction of sp³-hybridized carbons (Fsp3) is 0.364. The van der Waals surface area contributed by atoms with E-state index in [0.29, 0.717) is 18.8 Å². The number of carbonyl (C=O) groups excluding carboxylic acids is 2. The van der Waals surface area contributed by atoms with Gasteiger partial charge in [-0.25, -0.2) is 4.98 Å². The van der Waals surface area contributed by atoms with E-state index in [4.69, 9.17) is 0 Å². The highest BCUT2D eigenvalue weighted by molar-refractivity contribution is 7.17. The molecule has 0 bridgehead atoms. The molecule has 0 fully saturated rings. The molecule has 2 heterocycles. The van der Waals surface area contributed by atoms with Crippen LogP contribution in [0.15, 0.2) is 12.4 Å². The first-order chi connectivity index (χ1) is 8.56. The topological polar surface area (TPSA) is 75.5 Å². The summed E-state index contributed by atoms with van der Waals surface area (Å²) in [6.45, 7) is 4.24. The van der Waals surface area contributed by atoms with E-state index >= 15 is 0 Å². The Labute approximate surface area is 108 Å². The molecule has 0 saturated heterocycles. The lowest BCUT2D eigenvalue weighted by Crippen LogP contribution is -2.33. The molecule has 2 N–H and O–H groups in total. The standard InChI is InChI=1S/C11H14N4O2S/c1-7-5-15-6-9(14-11(15)18-7)10(17)13-4-3-12-8(2)16/h5-6H,3-4H2,1-2H3,(H,12,16)(H,13,17). The summed E-state index contributed by atoms with van der Waals surface area (Å²) < 4.78 is 1.84. The molecular weight excluding hydrogens is 252 g/mol. The quantitative estimate of drug-likeness (QED) is 0.794. The Morgan fingerprint density at radius 2 is 2.06 bits per heavy atom. The third-order valence-electron chi connectivity index (χ3n) is 2.29. The minimum Gasteiger partial charge on any atom is -0.355 e. The molecule has 2 aromatic heterocycles. The number of nitrogens with one attached hydrogen (secondary N) is 2. The smallest absolute Gasteiger partial charge is 0.271 e. The number of imidazole rings is 1. The van der Waals surface area contributed by atoms with Gasteiger partial charge >= 0.3 is 0 Å². The van der Waals surface area contributed by atoms with E-state index in [9.17, 15) is 9.59 Å². The summed E-state index contributed by atoms with van der Waals surface area (Å²) >= 11 is 1.54. The molecule has 0 radical (unpaired) electrons. The van der Waals surface area contributed by atoms with Crippen LogP contribution in [0.5, 0.6) is 0 Å². The summed E-state index contributed by atoms with van der Waals surface area (Å²) in [5, 5.41) is 5.30. The Kier molecular flexibility index (Phi) is 3.61. The van der Waals surface area contributed by atoms with Crippen LogP contribution in [0, 0.1) is 6.92 Å². The lowest BCUT2D eigenvalue weighted by molar-refractivity contribution is -0.118. The zero-order chi connectivity index (χ0) is 13.1. The minimum absolute atomic E-state index is 0.109. The van der Waals surface area contributed by atoms with Crippen LogP contribution >= 0.6 is 11.3 Å². The molecule has 2 aromatic rings. The number of hydrogen-bond donors (Lipinski definition) is 2. The molecule has 18 heavy (non-hydrogen) atoms. The third-order valence-corrected chi connectivity index (χ3v) is 3.20. The van der Waals surface area contributed by atoms with Crippen LogP contribution < -0.4 is 10.6 Å². The van der Waals surface area contributed by atoms with Crippen molar-refractivity contribution in [3.63, 3.8) is 0 Å². The molecule has 0 aromatic carbocycles. The summed E-state index contributed by atoms with van der Waals surface area (Å²) in [5.74, 6) is -0.337. The number of carbonyl (C=O) groups is 2. The van der Waals surface area contributed by atoms with Crippen molar-refractivity contribution < 1.29 is 9.59 Å². The molecule has 0 aliphatic carbocycles. The second kappa shape index (κ2) is 5.18. The third kappa shape index (κ3) is 2.86. The minimum atomic E-state index is -0.228. The first-order valence-corrected chi connectivity index (χ1v) is 6.35. The number of amides is 2. The highest BCUT2D eigenvalue weighted by atomic mass is 32.1. The Hall–Kier alpha value is -1.89. The van der Waals surface area contributed by atoms with Gasteiger partial charge in [0.05, 0.1) is 0 Å². The van der Waals surface area contributed by atoms with Crippen molar-refractivity contribution >= 4 is 28.1 Å². The number of aromatic nitrogens is 2. The molecule has 2 rings (SSSR count). The van der Waals surface area contributed by atoms with Crippen LogP contribution in [0.1, 0.15) is 22.3 Å². The second-order valence-corrected chi connectivity index (χ2v) is 5.11. The molecule has 0 aliphatic rings. The summed E-state index contributed by atoms with van der Waals surface area (Å²) in [6, 6.07) is 0. The van der Waals surface area contributed by atoms with E-state index in [1.165, 1.54) is 18.3 Å². The number of hydrogen-bond acceptors (Lipinski definition) is 4. The van der Waals surface area contributed by atoms with Crippen LogP contribution in [0.4, 0.5) is 0 Å². The van der Waals surface area contributed by atoms with Crippen LogP contribution in [0.25, 0.3) is 4.96 Å². The predicted octanol–water partition coefficient (Wildman–Crippen LogP) is 0.570. The van der Waals surface area contributed by atoms with Gasteiger partial charge in [-0.3, -0.25) is 14.0 Å². The van der Waals surface area contributed by atoms with Gasteiger partial charge in [-0.15, -0.1) is 11.3 Å². The summed E-state index contributed by atoms with van der Waals surface area (Å²) in [6.07, 6.45) is 3.63. The maximum Gasteiger partial charge on any atom is 0.271 e. The maximum absolute atomic E-state index is 11.7. The first kappa shape index (κ1) is 12.6. The number of aryl methyl sites for hydroxylation is 1. The van der Waals surface area contributed by atoms with Gasteiger partial charge in [0, 0.05) is 37.3 Å². The van der Waals surface area contributed by atoms with Crippen molar-refractivity contribution in [3.05, 3.63) is 23.0 Å². The Morgan fingerprint density at radius 1 is 1.33 bits per heavy atom. The summed E-state index contributed by atoms with van der Waals surface area (Å²) in [5.41, 5.74) is 0.393. The van der Waals surface area contributed by atoms with Crippen LogP contribution in [-0.2, 0) is 4.79 Å². The van der Waals surface area contributed by atoms with Crippen LogP contribution in [0.3, 0.4) is 0 Å². The SMILES string of the molecule is CC(=O)NCCNC(=O)c1cn2cc(C)sc2n1.